The number of carbonyl (C=O) groups is 2. The Bertz CT molecular complexity index is 720. The fraction of sp³-hybridized carbons (Fsp3) is 0.529. The number of hydrogen-bond donors (Lipinski definition) is 2. The molecule has 1 fully saturated rings. The monoisotopic (exact) mass is 369 g/mol. The smallest absolute Gasteiger partial charge is 0.311 e. The third kappa shape index (κ3) is 4.79. The Balaban J connectivity index is 1.95. The maximum Gasteiger partial charge on any atom is 0.311 e. The molecule has 1 aliphatic heterocycles. The maximum absolute atomic E-state index is 12.1. The van der Waals surface area contributed by atoms with Crippen molar-refractivity contribution in [1.29, 1.82) is 0 Å². The predicted molar refractivity (Wildman–Crippen MR) is 91.0 cm³/mol. The van der Waals surface area contributed by atoms with E-state index in [-0.39, 0.29) is 29.5 Å². The standard InChI is InChI=1S/C17H23NO6S/c1-2-25(22,23)14-5-3-13(4-6-14)11-15(19)18-12-17(16(20)21)7-9-24-10-8-17/h3-6H,2,7-12H2,1H3,(H,18,19)(H,20,21). The summed E-state index contributed by atoms with van der Waals surface area (Å²) in [6.45, 7) is 2.38. The van der Waals surface area contributed by atoms with Crippen molar-refractivity contribution in [3.05, 3.63) is 29.8 Å². The molecule has 138 valence electrons. The molecule has 2 rings (SSSR count). The fourth-order valence-electron chi connectivity index (χ4n) is 2.73. The van der Waals surface area contributed by atoms with E-state index in [0.717, 1.165) is 0 Å². The molecule has 7 nitrogen and oxygen atoms in total. The van der Waals surface area contributed by atoms with E-state index in [1.165, 1.54) is 12.1 Å². The van der Waals surface area contributed by atoms with Gasteiger partial charge in [0.25, 0.3) is 0 Å². The molecule has 0 aromatic heterocycles. The minimum Gasteiger partial charge on any atom is -0.481 e. The average molecular weight is 369 g/mol. The van der Waals surface area contributed by atoms with Crippen LogP contribution in [-0.4, -0.2) is 50.9 Å². The van der Waals surface area contributed by atoms with Crippen LogP contribution in [0.25, 0.3) is 0 Å². The summed E-state index contributed by atoms with van der Waals surface area (Å²) < 4.78 is 28.7. The van der Waals surface area contributed by atoms with Crippen LogP contribution in [0.1, 0.15) is 25.3 Å². The van der Waals surface area contributed by atoms with Crippen molar-refractivity contribution < 1.29 is 27.9 Å². The van der Waals surface area contributed by atoms with Crippen molar-refractivity contribution in [2.75, 3.05) is 25.5 Å². The third-order valence-electron chi connectivity index (χ3n) is 4.55. The lowest BCUT2D eigenvalue weighted by Crippen LogP contribution is -2.46. The molecular formula is C17H23NO6S. The highest BCUT2D eigenvalue weighted by Gasteiger charge is 2.40. The van der Waals surface area contributed by atoms with Gasteiger partial charge in [0.05, 0.1) is 22.5 Å². The van der Waals surface area contributed by atoms with E-state index < -0.39 is 21.2 Å². The minimum absolute atomic E-state index is 0.0216. The lowest BCUT2D eigenvalue weighted by Gasteiger charge is -2.33. The lowest BCUT2D eigenvalue weighted by molar-refractivity contribution is -0.154. The lowest BCUT2D eigenvalue weighted by atomic mass is 9.80. The van der Waals surface area contributed by atoms with Crippen molar-refractivity contribution in [3.63, 3.8) is 0 Å². The van der Waals surface area contributed by atoms with E-state index in [4.69, 9.17) is 4.74 Å². The van der Waals surface area contributed by atoms with Crippen molar-refractivity contribution in [2.24, 2.45) is 5.41 Å². The first-order chi connectivity index (χ1) is 11.8. The van der Waals surface area contributed by atoms with Gasteiger partial charge in [-0.15, -0.1) is 0 Å². The predicted octanol–water partition coefficient (Wildman–Crippen LogP) is 1.02. The number of carboxylic acid groups (broad SMARTS) is 1. The molecule has 1 aromatic carbocycles. The van der Waals surface area contributed by atoms with Gasteiger partial charge in [-0.3, -0.25) is 9.59 Å². The number of sulfone groups is 1. The topological polar surface area (TPSA) is 110 Å². The van der Waals surface area contributed by atoms with Crippen molar-refractivity contribution >= 4 is 21.7 Å². The van der Waals surface area contributed by atoms with Crippen LogP contribution in [0.4, 0.5) is 0 Å². The van der Waals surface area contributed by atoms with Crippen LogP contribution in [0, 0.1) is 5.41 Å². The van der Waals surface area contributed by atoms with Gasteiger partial charge >= 0.3 is 5.97 Å². The molecule has 2 N–H and O–H groups in total. The first-order valence-corrected chi connectivity index (χ1v) is 9.84. The number of carboxylic acids is 1. The van der Waals surface area contributed by atoms with Crippen LogP contribution in [0.15, 0.2) is 29.2 Å². The first-order valence-electron chi connectivity index (χ1n) is 8.19. The zero-order valence-corrected chi connectivity index (χ0v) is 15.0. The van der Waals surface area contributed by atoms with Crippen LogP contribution < -0.4 is 5.32 Å². The first kappa shape index (κ1) is 19.4. The van der Waals surface area contributed by atoms with E-state index in [2.05, 4.69) is 5.32 Å². The zero-order chi connectivity index (χ0) is 18.5. The molecular weight excluding hydrogens is 346 g/mol. The molecule has 1 aromatic rings. The van der Waals surface area contributed by atoms with Gasteiger partial charge in [0.2, 0.25) is 5.91 Å². The highest BCUT2D eigenvalue weighted by atomic mass is 32.2. The second-order valence-corrected chi connectivity index (χ2v) is 8.48. The van der Waals surface area contributed by atoms with Gasteiger partial charge in [0.15, 0.2) is 9.84 Å². The second kappa shape index (κ2) is 7.97. The average Bonchev–Trinajstić information content (AvgIpc) is 2.61. The Labute approximate surface area is 147 Å². The summed E-state index contributed by atoms with van der Waals surface area (Å²) in [6.07, 6.45) is 0.803. The maximum atomic E-state index is 12.1. The van der Waals surface area contributed by atoms with Crippen LogP contribution >= 0.6 is 0 Å². The van der Waals surface area contributed by atoms with Gasteiger partial charge < -0.3 is 15.2 Å². The number of rotatable bonds is 7. The van der Waals surface area contributed by atoms with Crippen LogP contribution in [-0.2, 0) is 30.6 Å². The summed E-state index contributed by atoms with van der Waals surface area (Å²) in [5.74, 6) is -1.20. The molecule has 25 heavy (non-hydrogen) atoms. The number of nitrogens with one attached hydrogen (secondary N) is 1. The summed E-state index contributed by atoms with van der Waals surface area (Å²) in [4.78, 5) is 23.9. The van der Waals surface area contributed by atoms with Gasteiger partial charge in [-0.05, 0) is 30.5 Å². The highest BCUT2D eigenvalue weighted by molar-refractivity contribution is 7.91. The molecule has 0 spiro atoms. The Morgan fingerprint density at radius 3 is 2.32 bits per heavy atom. The van der Waals surface area contributed by atoms with E-state index in [1.54, 1.807) is 19.1 Å². The molecule has 1 aliphatic rings. The van der Waals surface area contributed by atoms with Crippen LogP contribution in [0.5, 0.6) is 0 Å². The Morgan fingerprint density at radius 1 is 1.20 bits per heavy atom. The summed E-state index contributed by atoms with van der Waals surface area (Å²) >= 11 is 0. The molecule has 0 saturated carbocycles. The summed E-state index contributed by atoms with van der Waals surface area (Å²) in [6, 6.07) is 6.17. The number of aliphatic carboxylic acids is 1. The molecule has 0 bridgehead atoms. The van der Waals surface area contributed by atoms with E-state index >= 15 is 0 Å². The number of carbonyl (C=O) groups excluding carboxylic acids is 1. The van der Waals surface area contributed by atoms with Gasteiger partial charge in [0.1, 0.15) is 0 Å². The van der Waals surface area contributed by atoms with Crippen molar-refractivity contribution in [1.82, 2.24) is 5.32 Å². The number of amides is 1. The molecule has 1 heterocycles. The van der Waals surface area contributed by atoms with Gasteiger partial charge in [0, 0.05) is 19.8 Å². The SMILES string of the molecule is CCS(=O)(=O)c1ccc(CC(=O)NCC2(C(=O)O)CCOCC2)cc1. The molecule has 0 unspecified atom stereocenters. The zero-order valence-electron chi connectivity index (χ0n) is 14.2. The molecule has 8 heteroatoms. The van der Waals surface area contributed by atoms with Gasteiger partial charge in [-0.1, -0.05) is 19.1 Å². The van der Waals surface area contributed by atoms with E-state index in [0.29, 0.717) is 31.6 Å². The fourth-order valence-corrected chi connectivity index (χ4v) is 3.61. The number of hydrogen-bond acceptors (Lipinski definition) is 5. The van der Waals surface area contributed by atoms with Crippen LogP contribution in [0.3, 0.4) is 0 Å². The van der Waals surface area contributed by atoms with Gasteiger partial charge in [-0.25, -0.2) is 8.42 Å². The van der Waals surface area contributed by atoms with Crippen LogP contribution in [0.2, 0.25) is 0 Å². The van der Waals surface area contributed by atoms with E-state index in [9.17, 15) is 23.1 Å². The number of benzene rings is 1. The van der Waals surface area contributed by atoms with Crippen molar-refractivity contribution in [2.45, 2.75) is 31.1 Å². The summed E-state index contributed by atoms with van der Waals surface area (Å²) in [5, 5.41) is 12.1. The summed E-state index contributed by atoms with van der Waals surface area (Å²) in [7, 11) is -3.26. The third-order valence-corrected chi connectivity index (χ3v) is 6.31. The normalized spacial score (nSPS) is 17.0. The molecule has 0 atom stereocenters. The second-order valence-electron chi connectivity index (χ2n) is 6.20. The van der Waals surface area contributed by atoms with Gasteiger partial charge in [-0.2, -0.15) is 0 Å². The Morgan fingerprint density at radius 2 is 1.80 bits per heavy atom. The molecule has 1 amide bonds. The van der Waals surface area contributed by atoms with Crippen molar-refractivity contribution in [3.8, 4) is 0 Å². The summed E-state index contributed by atoms with van der Waals surface area (Å²) in [5.41, 5.74) is -0.309. The largest absolute Gasteiger partial charge is 0.481 e. The Hall–Kier alpha value is -1.93. The minimum atomic E-state index is -3.26. The molecule has 0 aliphatic carbocycles. The molecule has 1 saturated heterocycles. The Kier molecular flexibility index (Phi) is 6.18. The van der Waals surface area contributed by atoms with E-state index in [1.807, 2.05) is 0 Å². The number of ether oxygens (including phenoxy) is 1. The highest BCUT2D eigenvalue weighted by Crippen LogP contribution is 2.30. The quantitative estimate of drug-likeness (QED) is 0.743. The molecule has 0 radical (unpaired) electrons.